The molecule has 1 aliphatic heterocycles. The van der Waals surface area contributed by atoms with Gasteiger partial charge in [-0.15, -0.1) is 0 Å². The van der Waals surface area contributed by atoms with Gasteiger partial charge in [0.25, 0.3) is 0 Å². The van der Waals surface area contributed by atoms with Crippen LogP contribution in [-0.2, 0) is 9.53 Å². The Bertz CT molecular complexity index is 493. The van der Waals surface area contributed by atoms with E-state index in [2.05, 4.69) is 10.2 Å². The minimum Gasteiger partial charge on any atom is -0.376 e. The molecule has 0 spiro atoms. The van der Waals surface area contributed by atoms with Crippen LogP contribution < -0.4 is 5.32 Å². The zero-order chi connectivity index (χ0) is 14.7. The number of aryl methyl sites for hydroxylation is 1. The summed E-state index contributed by atoms with van der Waals surface area (Å²) in [6.07, 6.45) is 0.135. The fraction of sp³-hybridized carbons (Fsp3) is 0.533. The lowest BCUT2D eigenvalue weighted by Gasteiger charge is -2.36. The monoisotopic (exact) mass is 280 g/mol. The van der Waals surface area contributed by atoms with Gasteiger partial charge in [-0.05, 0) is 38.5 Å². The number of halogens is 1. The van der Waals surface area contributed by atoms with Crippen LogP contribution in [0.3, 0.4) is 0 Å². The van der Waals surface area contributed by atoms with Crippen LogP contribution in [0.15, 0.2) is 18.2 Å². The summed E-state index contributed by atoms with van der Waals surface area (Å²) in [4.78, 5) is 14.1. The molecular weight excluding hydrogens is 259 g/mol. The number of rotatable bonds is 3. The topological polar surface area (TPSA) is 41.6 Å². The summed E-state index contributed by atoms with van der Waals surface area (Å²) in [5, 5.41) is 2.73. The Morgan fingerprint density at radius 2 is 2.25 bits per heavy atom. The van der Waals surface area contributed by atoms with Gasteiger partial charge in [-0.2, -0.15) is 0 Å². The van der Waals surface area contributed by atoms with Crippen LogP contribution in [0.4, 0.5) is 10.1 Å². The lowest BCUT2D eigenvalue weighted by atomic mass is 10.2. The second-order valence-corrected chi connectivity index (χ2v) is 5.43. The molecule has 2 unspecified atom stereocenters. The molecule has 1 aromatic rings. The largest absolute Gasteiger partial charge is 0.376 e. The van der Waals surface area contributed by atoms with E-state index in [-0.39, 0.29) is 23.9 Å². The first-order valence-corrected chi connectivity index (χ1v) is 6.87. The molecule has 0 bridgehead atoms. The highest BCUT2D eigenvalue weighted by Crippen LogP contribution is 2.15. The zero-order valence-corrected chi connectivity index (χ0v) is 12.1. The number of nitrogens with zero attached hydrogens (tertiary/aromatic N) is 1. The van der Waals surface area contributed by atoms with Gasteiger partial charge in [0.05, 0.1) is 19.3 Å². The molecule has 1 aromatic carbocycles. The lowest BCUT2D eigenvalue weighted by Crippen LogP contribution is -2.50. The van der Waals surface area contributed by atoms with Gasteiger partial charge in [-0.3, -0.25) is 9.69 Å². The standard InChI is InChI=1S/C15H21FN2O2/c1-10-4-5-13(6-14(10)16)17-15(19)8-18-7-12(3)20-9-11(18)2/h4-6,11-12H,7-9H2,1-3H3,(H,17,19). The second-order valence-electron chi connectivity index (χ2n) is 5.43. The summed E-state index contributed by atoms with van der Waals surface area (Å²) in [5.74, 6) is -0.439. The Morgan fingerprint density at radius 1 is 1.50 bits per heavy atom. The van der Waals surface area contributed by atoms with Crippen molar-refractivity contribution >= 4 is 11.6 Å². The molecule has 1 heterocycles. The van der Waals surface area contributed by atoms with E-state index in [1.54, 1.807) is 19.1 Å². The summed E-state index contributed by atoms with van der Waals surface area (Å²) in [5.41, 5.74) is 1.06. The molecule has 0 saturated carbocycles. The number of nitrogens with one attached hydrogen (secondary N) is 1. The highest BCUT2D eigenvalue weighted by molar-refractivity contribution is 5.92. The normalized spacial score (nSPS) is 23.6. The molecule has 1 amide bonds. The third kappa shape index (κ3) is 3.77. The van der Waals surface area contributed by atoms with Crippen molar-refractivity contribution in [2.75, 3.05) is 25.0 Å². The second kappa shape index (κ2) is 6.33. The predicted octanol–water partition coefficient (Wildman–Crippen LogP) is 2.18. The average molecular weight is 280 g/mol. The van der Waals surface area contributed by atoms with Crippen molar-refractivity contribution in [3.8, 4) is 0 Å². The number of benzene rings is 1. The van der Waals surface area contributed by atoms with Gasteiger partial charge in [-0.25, -0.2) is 4.39 Å². The number of ether oxygens (including phenoxy) is 1. The quantitative estimate of drug-likeness (QED) is 0.922. The third-order valence-electron chi connectivity index (χ3n) is 3.54. The van der Waals surface area contributed by atoms with Gasteiger partial charge in [0, 0.05) is 18.3 Å². The fourth-order valence-corrected chi connectivity index (χ4v) is 2.25. The Balaban J connectivity index is 1.93. The molecule has 2 rings (SSSR count). The van der Waals surface area contributed by atoms with Gasteiger partial charge in [0.1, 0.15) is 5.82 Å². The predicted molar refractivity (Wildman–Crippen MR) is 76.2 cm³/mol. The Hall–Kier alpha value is -1.46. The Morgan fingerprint density at radius 3 is 2.95 bits per heavy atom. The molecular formula is C15H21FN2O2. The van der Waals surface area contributed by atoms with Crippen molar-refractivity contribution in [1.29, 1.82) is 0 Å². The van der Waals surface area contributed by atoms with E-state index >= 15 is 0 Å². The van der Waals surface area contributed by atoms with E-state index in [9.17, 15) is 9.18 Å². The van der Waals surface area contributed by atoms with Crippen molar-refractivity contribution < 1.29 is 13.9 Å². The summed E-state index contributed by atoms with van der Waals surface area (Å²) in [7, 11) is 0. The van der Waals surface area contributed by atoms with Gasteiger partial charge < -0.3 is 10.1 Å². The fourth-order valence-electron chi connectivity index (χ4n) is 2.25. The maximum Gasteiger partial charge on any atom is 0.238 e. The summed E-state index contributed by atoms with van der Waals surface area (Å²) >= 11 is 0. The molecule has 5 heteroatoms. The van der Waals surface area contributed by atoms with Gasteiger partial charge in [-0.1, -0.05) is 6.07 Å². The first-order valence-electron chi connectivity index (χ1n) is 6.87. The van der Waals surface area contributed by atoms with E-state index in [0.717, 1.165) is 6.54 Å². The van der Waals surface area contributed by atoms with Crippen LogP contribution in [0.5, 0.6) is 0 Å². The molecule has 1 saturated heterocycles. The van der Waals surface area contributed by atoms with Crippen LogP contribution in [-0.4, -0.2) is 42.6 Å². The first-order chi connectivity index (χ1) is 9.45. The van der Waals surface area contributed by atoms with Crippen LogP contribution >= 0.6 is 0 Å². The number of amides is 1. The maximum absolute atomic E-state index is 13.4. The molecule has 0 aromatic heterocycles. The van der Waals surface area contributed by atoms with Crippen molar-refractivity contribution in [2.45, 2.75) is 32.9 Å². The van der Waals surface area contributed by atoms with E-state index in [1.807, 2.05) is 13.8 Å². The molecule has 4 nitrogen and oxygen atoms in total. The number of carbonyl (C=O) groups excluding carboxylic acids is 1. The lowest BCUT2D eigenvalue weighted by molar-refractivity contribution is -0.121. The van der Waals surface area contributed by atoms with Crippen molar-refractivity contribution in [1.82, 2.24) is 4.90 Å². The molecule has 0 aliphatic carbocycles. The SMILES string of the molecule is Cc1ccc(NC(=O)CN2CC(C)OCC2C)cc1F. The third-order valence-corrected chi connectivity index (χ3v) is 3.54. The summed E-state index contributed by atoms with van der Waals surface area (Å²) in [6.45, 7) is 7.38. The molecule has 110 valence electrons. The van der Waals surface area contributed by atoms with Gasteiger partial charge in [0.2, 0.25) is 5.91 Å². The number of morpholine rings is 1. The highest BCUT2D eigenvalue weighted by atomic mass is 19.1. The van der Waals surface area contributed by atoms with Crippen LogP contribution in [0, 0.1) is 12.7 Å². The minimum absolute atomic E-state index is 0.130. The highest BCUT2D eigenvalue weighted by Gasteiger charge is 2.25. The van der Waals surface area contributed by atoms with Crippen molar-refractivity contribution in [2.24, 2.45) is 0 Å². The molecule has 1 N–H and O–H groups in total. The van der Waals surface area contributed by atoms with Crippen LogP contribution in [0.25, 0.3) is 0 Å². The van der Waals surface area contributed by atoms with E-state index < -0.39 is 0 Å². The average Bonchev–Trinajstić information content (AvgIpc) is 2.38. The summed E-state index contributed by atoms with van der Waals surface area (Å²) in [6, 6.07) is 4.93. The Kier molecular flexibility index (Phi) is 4.73. The van der Waals surface area contributed by atoms with Crippen LogP contribution in [0.2, 0.25) is 0 Å². The van der Waals surface area contributed by atoms with E-state index in [0.29, 0.717) is 24.4 Å². The summed E-state index contributed by atoms with van der Waals surface area (Å²) < 4.78 is 18.9. The number of anilines is 1. The Labute approximate surface area is 118 Å². The number of hydrogen-bond donors (Lipinski definition) is 1. The molecule has 2 atom stereocenters. The molecule has 0 radical (unpaired) electrons. The van der Waals surface area contributed by atoms with Crippen molar-refractivity contribution in [3.05, 3.63) is 29.6 Å². The minimum atomic E-state index is -0.309. The first kappa shape index (κ1) is 14.9. The van der Waals surface area contributed by atoms with Gasteiger partial charge >= 0.3 is 0 Å². The molecule has 1 fully saturated rings. The van der Waals surface area contributed by atoms with Crippen LogP contribution in [0.1, 0.15) is 19.4 Å². The number of carbonyl (C=O) groups is 1. The van der Waals surface area contributed by atoms with E-state index in [4.69, 9.17) is 4.74 Å². The molecule has 20 heavy (non-hydrogen) atoms. The molecule has 1 aliphatic rings. The maximum atomic E-state index is 13.4. The van der Waals surface area contributed by atoms with E-state index in [1.165, 1.54) is 6.07 Å². The smallest absolute Gasteiger partial charge is 0.238 e. The van der Waals surface area contributed by atoms with Crippen molar-refractivity contribution in [3.63, 3.8) is 0 Å². The van der Waals surface area contributed by atoms with Gasteiger partial charge in [0.15, 0.2) is 0 Å². The zero-order valence-electron chi connectivity index (χ0n) is 12.1. The number of hydrogen-bond acceptors (Lipinski definition) is 3.